The second-order valence-electron chi connectivity index (χ2n) is 3.07. The number of hydrogen-bond acceptors (Lipinski definition) is 4. The summed E-state index contributed by atoms with van der Waals surface area (Å²) in [6, 6.07) is -0.447. The maximum atomic E-state index is 10.9. The minimum atomic E-state index is -0.617. The molecule has 78 valence electrons. The second-order valence-corrected chi connectivity index (χ2v) is 3.07. The van der Waals surface area contributed by atoms with Gasteiger partial charge in [-0.15, -0.1) is 0 Å². The molecule has 0 amide bonds. The van der Waals surface area contributed by atoms with Crippen molar-refractivity contribution in [3.8, 4) is 0 Å². The number of ether oxygens (including phenoxy) is 1. The molecule has 0 fully saturated rings. The van der Waals surface area contributed by atoms with Gasteiger partial charge in [-0.1, -0.05) is 13.3 Å². The summed E-state index contributed by atoms with van der Waals surface area (Å²) >= 11 is 0. The molecule has 2 unspecified atom stereocenters. The van der Waals surface area contributed by atoms with Crippen molar-refractivity contribution in [1.29, 1.82) is 0 Å². The highest BCUT2D eigenvalue weighted by molar-refractivity contribution is 5.75. The topological polar surface area (TPSA) is 58.6 Å². The van der Waals surface area contributed by atoms with Gasteiger partial charge in [-0.3, -0.25) is 10.1 Å². The van der Waals surface area contributed by atoms with Crippen LogP contribution in [0.1, 0.15) is 33.1 Å². The van der Waals surface area contributed by atoms with Crippen molar-refractivity contribution < 1.29 is 14.6 Å². The molecule has 0 heterocycles. The molecule has 2 N–H and O–H groups in total. The molecule has 0 aliphatic carbocycles. The van der Waals surface area contributed by atoms with E-state index in [1.165, 1.54) is 7.11 Å². The fourth-order valence-corrected chi connectivity index (χ4v) is 1.01. The molecule has 0 aromatic rings. The molecule has 0 spiro atoms. The highest BCUT2D eigenvalue weighted by Gasteiger charge is 2.15. The number of carbonyl (C=O) groups is 1. The number of nitrogens with one attached hydrogen (secondary N) is 1. The largest absolute Gasteiger partial charge is 0.468 e. The van der Waals surface area contributed by atoms with Crippen LogP contribution in [0.4, 0.5) is 0 Å². The van der Waals surface area contributed by atoms with Gasteiger partial charge in [-0.25, -0.2) is 0 Å². The van der Waals surface area contributed by atoms with Crippen LogP contribution in [0.3, 0.4) is 0 Å². The van der Waals surface area contributed by atoms with E-state index in [4.69, 9.17) is 0 Å². The molecule has 0 saturated carbocycles. The van der Waals surface area contributed by atoms with Crippen molar-refractivity contribution >= 4 is 5.97 Å². The Morgan fingerprint density at radius 3 is 2.69 bits per heavy atom. The molecule has 0 radical (unpaired) electrons. The Labute approximate surface area is 79.3 Å². The lowest BCUT2D eigenvalue weighted by Crippen LogP contribution is -2.41. The van der Waals surface area contributed by atoms with Crippen LogP contribution in [0.15, 0.2) is 0 Å². The number of rotatable bonds is 6. The van der Waals surface area contributed by atoms with Crippen molar-refractivity contribution in [1.82, 2.24) is 5.32 Å². The minimum Gasteiger partial charge on any atom is -0.468 e. The van der Waals surface area contributed by atoms with Crippen LogP contribution in [0.25, 0.3) is 0 Å². The van der Waals surface area contributed by atoms with Gasteiger partial charge >= 0.3 is 5.97 Å². The zero-order chi connectivity index (χ0) is 10.3. The van der Waals surface area contributed by atoms with Gasteiger partial charge < -0.3 is 9.84 Å². The third kappa shape index (κ3) is 5.60. The molecular formula is C9H19NO3. The predicted molar refractivity (Wildman–Crippen MR) is 50.1 cm³/mol. The first-order valence-corrected chi connectivity index (χ1v) is 4.63. The number of carbonyl (C=O) groups excluding carboxylic acids is 1. The molecule has 4 nitrogen and oxygen atoms in total. The summed E-state index contributed by atoms with van der Waals surface area (Å²) in [4.78, 5) is 10.9. The van der Waals surface area contributed by atoms with Crippen LogP contribution >= 0.6 is 0 Å². The van der Waals surface area contributed by atoms with Gasteiger partial charge in [0.25, 0.3) is 0 Å². The Hall–Kier alpha value is -0.610. The van der Waals surface area contributed by atoms with Crippen molar-refractivity contribution in [2.24, 2.45) is 0 Å². The van der Waals surface area contributed by atoms with E-state index in [0.717, 1.165) is 12.8 Å². The van der Waals surface area contributed by atoms with E-state index in [-0.39, 0.29) is 5.97 Å². The quantitative estimate of drug-likeness (QED) is 0.475. The van der Waals surface area contributed by atoms with E-state index in [2.05, 4.69) is 17.0 Å². The number of methoxy groups -OCH3 is 1. The van der Waals surface area contributed by atoms with Gasteiger partial charge in [0, 0.05) is 0 Å². The normalized spacial score (nSPS) is 15.1. The minimum absolute atomic E-state index is 0.351. The van der Waals surface area contributed by atoms with Crippen LogP contribution in [-0.4, -0.2) is 30.5 Å². The molecule has 13 heavy (non-hydrogen) atoms. The summed E-state index contributed by atoms with van der Waals surface area (Å²) in [5, 5.41) is 12.1. The maximum absolute atomic E-state index is 10.9. The zero-order valence-electron chi connectivity index (χ0n) is 8.54. The van der Waals surface area contributed by atoms with Crippen molar-refractivity contribution in [2.45, 2.75) is 45.4 Å². The van der Waals surface area contributed by atoms with E-state index in [9.17, 15) is 9.90 Å². The fraction of sp³-hybridized carbons (Fsp3) is 0.889. The van der Waals surface area contributed by atoms with Gasteiger partial charge in [-0.2, -0.15) is 0 Å². The number of esters is 1. The summed E-state index contributed by atoms with van der Waals surface area (Å²) in [6.07, 6.45) is 2.03. The SMILES string of the molecule is CCCCC(O)NC(C)C(=O)OC. The van der Waals surface area contributed by atoms with Crippen LogP contribution in [0.2, 0.25) is 0 Å². The first-order valence-electron chi connectivity index (χ1n) is 4.63. The van der Waals surface area contributed by atoms with E-state index in [0.29, 0.717) is 6.42 Å². The second kappa shape index (κ2) is 6.86. The predicted octanol–water partition coefficient (Wildman–Crippen LogP) is 0.646. The summed E-state index contributed by atoms with van der Waals surface area (Å²) in [5.41, 5.74) is 0. The van der Waals surface area contributed by atoms with Crippen LogP contribution in [-0.2, 0) is 9.53 Å². The molecule has 0 saturated heterocycles. The standard InChI is InChI=1S/C9H19NO3/c1-4-5-6-8(11)10-7(2)9(12)13-3/h7-8,10-11H,4-6H2,1-3H3. The van der Waals surface area contributed by atoms with Gasteiger partial charge in [0.1, 0.15) is 12.3 Å². The van der Waals surface area contributed by atoms with Crippen LogP contribution in [0, 0.1) is 0 Å². The van der Waals surface area contributed by atoms with Gasteiger partial charge in [0.05, 0.1) is 7.11 Å². The number of hydrogen-bond donors (Lipinski definition) is 2. The zero-order valence-corrected chi connectivity index (χ0v) is 8.54. The van der Waals surface area contributed by atoms with E-state index < -0.39 is 12.3 Å². The Balaban J connectivity index is 3.64. The molecule has 2 atom stereocenters. The van der Waals surface area contributed by atoms with Gasteiger partial charge in [0.2, 0.25) is 0 Å². The first kappa shape index (κ1) is 12.4. The lowest BCUT2D eigenvalue weighted by atomic mass is 10.2. The molecule has 0 aromatic heterocycles. The fourth-order valence-electron chi connectivity index (χ4n) is 1.01. The van der Waals surface area contributed by atoms with Gasteiger partial charge in [0.15, 0.2) is 0 Å². The van der Waals surface area contributed by atoms with Crippen molar-refractivity contribution in [3.63, 3.8) is 0 Å². The Kier molecular flexibility index (Phi) is 6.54. The molecular weight excluding hydrogens is 170 g/mol. The molecule has 0 aliphatic rings. The molecule has 0 rings (SSSR count). The van der Waals surface area contributed by atoms with Crippen LogP contribution in [0.5, 0.6) is 0 Å². The average molecular weight is 189 g/mol. The Morgan fingerprint density at radius 2 is 2.23 bits per heavy atom. The Morgan fingerprint density at radius 1 is 1.62 bits per heavy atom. The number of unbranched alkanes of at least 4 members (excludes halogenated alkanes) is 1. The first-order chi connectivity index (χ1) is 6.11. The summed E-state index contributed by atoms with van der Waals surface area (Å²) in [5.74, 6) is -0.351. The molecule has 0 aliphatic heterocycles. The molecule has 4 heteroatoms. The maximum Gasteiger partial charge on any atom is 0.322 e. The number of aliphatic hydroxyl groups is 1. The number of aliphatic hydroxyl groups excluding tert-OH is 1. The van der Waals surface area contributed by atoms with Gasteiger partial charge in [-0.05, 0) is 19.8 Å². The van der Waals surface area contributed by atoms with E-state index in [1.807, 2.05) is 0 Å². The monoisotopic (exact) mass is 189 g/mol. The van der Waals surface area contributed by atoms with E-state index in [1.54, 1.807) is 6.92 Å². The average Bonchev–Trinajstić information content (AvgIpc) is 2.13. The summed E-state index contributed by atoms with van der Waals surface area (Å²) in [7, 11) is 1.33. The van der Waals surface area contributed by atoms with Crippen molar-refractivity contribution in [2.75, 3.05) is 7.11 Å². The highest BCUT2D eigenvalue weighted by atomic mass is 16.5. The van der Waals surface area contributed by atoms with Crippen molar-refractivity contribution in [3.05, 3.63) is 0 Å². The summed E-state index contributed by atoms with van der Waals surface area (Å²) < 4.78 is 4.50. The third-order valence-corrected chi connectivity index (χ3v) is 1.83. The third-order valence-electron chi connectivity index (χ3n) is 1.83. The lowest BCUT2D eigenvalue weighted by molar-refractivity contribution is -0.143. The summed E-state index contributed by atoms with van der Waals surface area (Å²) in [6.45, 7) is 3.72. The highest BCUT2D eigenvalue weighted by Crippen LogP contribution is 1.99. The lowest BCUT2D eigenvalue weighted by Gasteiger charge is -2.16. The molecule has 0 bridgehead atoms. The Bertz CT molecular complexity index is 150. The van der Waals surface area contributed by atoms with E-state index >= 15 is 0 Å². The van der Waals surface area contributed by atoms with Crippen LogP contribution < -0.4 is 5.32 Å². The molecule has 0 aromatic carbocycles. The smallest absolute Gasteiger partial charge is 0.322 e.